The molecule has 234 valence electrons. The van der Waals surface area contributed by atoms with Gasteiger partial charge in [0.05, 0.1) is 13.2 Å². The quantitative estimate of drug-likeness (QED) is 0.0921. The molecule has 0 atom stereocenters. The van der Waals surface area contributed by atoms with E-state index in [1.807, 2.05) is 0 Å². The lowest BCUT2D eigenvalue weighted by atomic mass is 10.1. The molecule has 1 aromatic carbocycles. The van der Waals surface area contributed by atoms with Crippen molar-refractivity contribution in [3.8, 4) is 0 Å². The summed E-state index contributed by atoms with van der Waals surface area (Å²) in [5.41, 5.74) is 2.65. The summed E-state index contributed by atoms with van der Waals surface area (Å²) in [5.74, 6) is 0. The summed E-state index contributed by atoms with van der Waals surface area (Å²) >= 11 is 0. The molecule has 4 heteroatoms. The van der Waals surface area contributed by atoms with Gasteiger partial charge >= 0.3 is 0 Å². The van der Waals surface area contributed by atoms with Gasteiger partial charge in [-0.25, -0.2) is 0 Å². The lowest BCUT2D eigenvalue weighted by Crippen LogP contribution is -2.29. The van der Waals surface area contributed by atoms with Crippen LogP contribution in [0.25, 0.3) is 0 Å². The third kappa shape index (κ3) is 21.8. The van der Waals surface area contributed by atoms with E-state index in [0.717, 1.165) is 13.1 Å². The summed E-state index contributed by atoms with van der Waals surface area (Å²) in [7, 11) is 0. The van der Waals surface area contributed by atoms with E-state index in [-0.39, 0.29) is 13.2 Å². The molecule has 0 radical (unpaired) electrons. The van der Waals surface area contributed by atoms with Crippen LogP contribution in [0.2, 0.25) is 0 Å². The summed E-state index contributed by atoms with van der Waals surface area (Å²) in [6, 6.07) is 9.04. The Morgan fingerprint density at radius 2 is 0.675 bits per heavy atom. The zero-order chi connectivity index (χ0) is 28.9. The second kappa shape index (κ2) is 28.2. The van der Waals surface area contributed by atoms with Gasteiger partial charge in [-0.2, -0.15) is 0 Å². The Hall–Kier alpha value is -0.940. The molecule has 0 saturated heterocycles. The van der Waals surface area contributed by atoms with Crippen molar-refractivity contribution in [3.05, 3.63) is 35.4 Å². The van der Waals surface area contributed by atoms with Gasteiger partial charge < -0.3 is 10.2 Å². The summed E-state index contributed by atoms with van der Waals surface area (Å²) < 4.78 is 0. The zero-order valence-corrected chi connectivity index (χ0v) is 26.9. The topological polar surface area (TPSA) is 46.9 Å². The van der Waals surface area contributed by atoms with Gasteiger partial charge in [-0.05, 0) is 37.1 Å². The second-order valence-electron chi connectivity index (χ2n) is 12.2. The van der Waals surface area contributed by atoms with Gasteiger partial charge in [0.2, 0.25) is 0 Å². The van der Waals surface area contributed by atoms with Crippen LogP contribution < -0.4 is 0 Å². The van der Waals surface area contributed by atoms with Crippen LogP contribution in [0.4, 0.5) is 0 Å². The first kappa shape index (κ1) is 37.1. The van der Waals surface area contributed by atoms with Crippen molar-refractivity contribution in [2.24, 2.45) is 0 Å². The van der Waals surface area contributed by atoms with Gasteiger partial charge in [0, 0.05) is 26.2 Å². The van der Waals surface area contributed by atoms with E-state index < -0.39 is 0 Å². The minimum absolute atomic E-state index is 0.130. The minimum atomic E-state index is 0.130. The molecule has 1 rings (SSSR count). The molecule has 0 saturated carbocycles. The Bertz CT molecular complexity index is 606. The summed E-state index contributed by atoms with van der Waals surface area (Å²) in [5, 5.41) is 18.6. The fraction of sp³-hybridized carbons (Fsp3) is 0.833. The van der Waals surface area contributed by atoms with E-state index in [0.29, 0.717) is 13.1 Å². The largest absolute Gasteiger partial charge is 0.395 e. The number of rotatable bonds is 30. The molecule has 0 amide bonds. The van der Waals surface area contributed by atoms with Crippen molar-refractivity contribution >= 4 is 0 Å². The highest BCUT2D eigenvalue weighted by Crippen LogP contribution is 2.15. The van der Waals surface area contributed by atoms with Crippen molar-refractivity contribution in [2.75, 3.05) is 39.4 Å². The minimum Gasteiger partial charge on any atom is -0.395 e. The first-order valence-corrected chi connectivity index (χ1v) is 17.5. The maximum atomic E-state index is 9.30. The van der Waals surface area contributed by atoms with Crippen LogP contribution in [0, 0.1) is 0 Å². The number of hydrogen-bond donors (Lipinski definition) is 2. The van der Waals surface area contributed by atoms with Crippen molar-refractivity contribution < 1.29 is 10.2 Å². The van der Waals surface area contributed by atoms with Crippen molar-refractivity contribution in [3.63, 3.8) is 0 Å². The molecule has 1 aromatic rings. The average Bonchev–Trinajstić information content (AvgIpc) is 2.96. The molecule has 0 aromatic heterocycles. The van der Waals surface area contributed by atoms with E-state index in [2.05, 4.69) is 47.9 Å². The Morgan fingerprint density at radius 1 is 0.400 bits per heavy atom. The summed E-state index contributed by atoms with van der Waals surface area (Å²) in [6.45, 7) is 10.3. The first-order chi connectivity index (χ1) is 19.7. The lowest BCUT2D eigenvalue weighted by molar-refractivity contribution is 0.156. The molecule has 0 fully saturated rings. The van der Waals surface area contributed by atoms with E-state index >= 15 is 0 Å². The zero-order valence-electron chi connectivity index (χ0n) is 26.9. The third-order valence-corrected chi connectivity index (χ3v) is 8.32. The predicted molar refractivity (Wildman–Crippen MR) is 175 cm³/mol. The number of benzene rings is 1. The number of hydrogen-bond acceptors (Lipinski definition) is 4. The fourth-order valence-electron chi connectivity index (χ4n) is 5.73. The van der Waals surface area contributed by atoms with Crippen LogP contribution in [-0.4, -0.2) is 59.4 Å². The van der Waals surface area contributed by atoms with Crippen LogP contribution in [0.15, 0.2) is 24.3 Å². The monoisotopic (exact) mass is 561 g/mol. The standard InChI is InChI=1S/C36H68N2O2/c1-3-5-7-9-11-13-15-17-19-21-27-37(28-22-20-18-16-14-12-10-8-6-4-2)33-35-23-25-36(26-24-35)34-38(29-31-39)30-32-40/h23-26,39-40H,3-22,27-34H2,1-2H3. The SMILES string of the molecule is CCCCCCCCCCCCN(CCCCCCCCCCCC)Cc1ccc(CN(CCO)CCO)cc1. The Morgan fingerprint density at radius 3 is 0.975 bits per heavy atom. The Balaban J connectivity index is 2.41. The molecule has 0 aliphatic carbocycles. The lowest BCUT2D eigenvalue weighted by Gasteiger charge is -2.23. The molecule has 0 aliphatic rings. The van der Waals surface area contributed by atoms with E-state index in [1.165, 1.54) is 153 Å². The maximum absolute atomic E-state index is 9.30. The first-order valence-electron chi connectivity index (χ1n) is 17.5. The average molecular weight is 561 g/mol. The molecule has 2 N–H and O–H groups in total. The molecule has 0 bridgehead atoms. The van der Waals surface area contributed by atoms with Crippen LogP contribution in [0.5, 0.6) is 0 Å². The van der Waals surface area contributed by atoms with Gasteiger partial charge in [0.1, 0.15) is 0 Å². The van der Waals surface area contributed by atoms with E-state index in [9.17, 15) is 10.2 Å². The van der Waals surface area contributed by atoms with Crippen LogP contribution in [-0.2, 0) is 13.1 Å². The molecule has 40 heavy (non-hydrogen) atoms. The highest BCUT2D eigenvalue weighted by molar-refractivity contribution is 5.22. The molecule has 0 unspecified atom stereocenters. The number of nitrogens with zero attached hydrogens (tertiary/aromatic N) is 2. The number of unbranched alkanes of at least 4 members (excludes halogenated alkanes) is 18. The molecule has 0 aliphatic heterocycles. The normalized spacial score (nSPS) is 11.8. The molecule has 0 heterocycles. The third-order valence-electron chi connectivity index (χ3n) is 8.32. The molecule has 0 spiro atoms. The highest BCUT2D eigenvalue weighted by atomic mass is 16.3. The highest BCUT2D eigenvalue weighted by Gasteiger charge is 2.08. The smallest absolute Gasteiger partial charge is 0.0558 e. The van der Waals surface area contributed by atoms with Gasteiger partial charge in [-0.3, -0.25) is 9.80 Å². The fourth-order valence-corrected chi connectivity index (χ4v) is 5.73. The van der Waals surface area contributed by atoms with Crippen molar-refractivity contribution in [2.45, 2.75) is 155 Å². The van der Waals surface area contributed by atoms with Crippen molar-refractivity contribution in [1.29, 1.82) is 0 Å². The molecule has 4 nitrogen and oxygen atoms in total. The number of aliphatic hydroxyl groups excluding tert-OH is 2. The maximum Gasteiger partial charge on any atom is 0.0558 e. The predicted octanol–water partition coefficient (Wildman–Crippen LogP) is 9.12. The Labute approximate surface area is 249 Å². The van der Waals surface area contributed by atoms with Gasteiger partial charge in [0.15, 0.2) is 0 Å². The number of aliphatic hydroxyl groups is 2. The van der Waals surface area contributed by atoms with E-state index in [4.69, 9.17) is 0 Å². The van der Waals surface area contributed by atoms with Crippen molar-refractivity contribution in [1.82, 2.24) is 9.80 Å². The summed E-state index contributed by atoms with van der Waals surface area (Å²) in [4.78, 5) is 4.81. The van der Waals surface area contributed by atoms with Crippen LogP contribution in [0.3, 0.4) is 0 Å². The van der Waals surface area contributed by atoms with Gasteiger partial charge in [0.25, 0.3) is 0 Å². The molecular weight excluding hydrogens is 492 g/mol. The molecular formula is C36H68N2O2. The van der Waals surface area contributed by atoms with Crippen LogP contribution in [0.1, 0.15) is 153 Å². The second-order valence-corrected chi connectivity index (χ2v) is 12.2. The van der Waals surface area contributed by atoms with Crippen LogP contribution >= 0.6 is 0 Å². The Kier molecular flexibility index (Phi) is 26.1. The summed E-state index contributed by atoms with van der Waals surface area (Å²) in [6.07, 6.45) is 27.9. The van der Waals surface area contributed by atoms with Gasteiger partial charge in [-0.1, -0.05) is 154 Å². The van der Waals surface area contributed by atoms with Gasteiger partial charge in [-0.15, -0.1) is 0 Å². The van der Waals surface area contributed by atoms with E-state index in [1.54, 1.807) is 0 Å².